The van der Waals surface area contributed by atoms with E-state index in [1.54, 1.807) is 12.1 Å². The van der Waals surface area contributed by atoms with E-state index in [0.29, 0.717) is 0 Å². The first-order valence-electron chi connectivity index (χ1n) is 8.26. The second-order valence-corrected chi connectivity index (χ2v) is 8.22. The molecule has 140 valence electrons. The Morgan fingerprint density at radius 3 is 2.19 bits per heavy atom. The summed E-state index contributed by atoms with van der Waals surface area (Å²) in [6, 6.07) is 13.4. The molecule has 1 amide bonds. The second-order valence-electron chi connectivity index (χ2n) is 6.24. The predicted molar refractivity (Wildman–Crippen MR) is 99.3 cm³/mol. The van der Waals surface area contributed by atoms with Crippen LogP contribution in [0.25, 0.3) is 0 Å². The van der Waals surface area contributed by atoms with Gasteiger partial charge in [0.2, 0.25) is 15.9 Å². The number of nitrogens with one attached hydrogen (secondary N) is 1. The van der Waals surface area contributed by atoms with E-state index in [1.165, 1.54) is 16.4 Å². The van der Waals surface area contributed by atoms with Crippen LogP contribution in [0.5, 0.6) is 0 Å². The Hall–Kier alpha value is -2.25. The fourth-order valence-corrected chi connectivity index (χ4v) is 3.18. The van der Waals surface area contributed by atoms with E-state index in [-0.39, 0.29) is 37.8 Å². The van der Waals surface area contributed by atoms with Crippen molar-refractivity contribution in [1.82, 2.24) is 9.62 Å². The molecule has 2 aromatic carbocycles. The predicted octanol–water partition coefficient (Wildman–Crippen LogP) is 2.60. The van der Waals surface area contributed by atoms with Gasteiger partial charge in [0, 0.05) is 26.1 Å². The zero-order valence-corrected chi connectivity index (χ0v) is 15.7. The van der Waals surface area contributed by atoms with Crippen molar-refractivity contribution < 1.29 is 17.6 Å². The lowest BCUT2D eigenvalue weighted by Gasteiger charge is -2.20. The summed E-state index contributed by atoms with van der Waals surface area (Å²) in [5, 5.41) is 2.71. The molecule has 26 heavy (non-hydrogen) atoms. The van der Waals surface area contributed by atoms with Gasteiger partial charge >= 0.3 is 0 Å². The van der Waals surface area contributed by atoms with Crippen LogP contribution in [0, 0.1) is 12.7 Å². The van der Waals surface area contributed by atoms with Crippen molar-refractivity contribution >= 4 is 15.9 Å². The highest BCUT2D eigenvalue weighted by Crippen LogP contribution is 2.11. The summed E-state index contributed by atoms with van der Waals surface area (Å²) in [5.41, 5.74) is 2.74. The number of benzene rings is 2. The van der Waals surface area contributed by atoms with Crippen molar-refractivity contribution in [3.05, 3.63) is 71.0 Å². The van der Waals surface area contributed by atoms with Gasteiger partial charge in [-0.25, -0.2) is 12.8 Å². The number of halogens is 1. The summed E-state index contributed by atoms with van der Waals surface area (Å²) in [5.74, 6) is -0.591. The normalized spacial score (nSPS) is 11.5. The van der Waals surface area contributed by atoms with Gasteiger partial charge in [0.25, 0.3) is 0 Å². The maximum Gasteiger partial charge on any atom is 0.221 e. The zero-order valence-electron chi connectivity index (χ0n) is 14.9. The summed E-state index contributed by atoms with van der Waals surface area (Å²) in [6.07, 6.45) is 1.19. The number of hydrogen-bond donors (Lipinski definition) is 1. The molecule has 1 N–H and O–H groups in total. The van der Waals surface area contributed by atoms with Crippen LogP contribution >= 0.6 is 0 Å². The van der Waals surface area contributed by atoms with Crippen molar-refractivity contribution in [2.24, 2.45) is 0 Å². The lowest BCUT2D eigenvalue weighted by atomic mass is 10.1. The SMILES string of the molecule is Cc1ccc(CN(CCC(=O)NCc2ccc(F)cc2)S(C)(=O)=O)cc1. The third-order valence-electron chi connectivity index (χ3n) is 3.94. The third-order valence-corrected chi connectivity index (χ3v) is 5.19. The molecule has 0 aliphatic rings. The highest BCUT2D eigenvalue weighted by Gasteiger charge is 2.18. The summed E-state index contributed by atoms with van der Waals surface area (Å²) in [4.78, 5) is 12.0. The van der Waals surface area contributed by atoms with Crippen LogP contribution in [-0.4, -0.2) is 31.4 Å². The van der Waals surface area contributed by atoms with Crippen molar-refractivity contribution in [1.29, 1.82) is 0 Å². The Labute approximate surface area is 153 Å². The van der Waals surface area contributed by atoms with Gasteiger partial charge in [-0.05, 0) is 30.2 Å². The fraction of sp³-hybridized carbons (Fsp3) is 0.316. The van der Waals surface area contributed by atoms with Gasteiger partial charge in [-0.15, -0.1) is 0 Å². The molecule has 0 fully saturated rings. The van der Waals surface area contributed by atoms with Crippen LogP contribution < -0.4 is 5.32 Å². The molecule has 0 saturated heterocycles. The number of sulfonamides is 1. The molecule has 2 rings (SSSR count). The van der Waals surface area contributed by atoms with Crippen molar-refractivity contribution in [2.75, 3.05) is 12.8 Å². The number of amides is 1. The molecule has 0 aliphatic heterocycles. The maximum absolute atomic E-state index is 12.9. The van der Waals surface area contributed by atoms with E-state index in [2.05, 4.69) is 5.32 Å². The maximum atomic E-state index is 12.9. The number of nitrogens with zero attached hydrogens (tertiary/aromatic N) is 1. The van der Waals surface area contributed by atoms with Crippen LogP contribution in [0.4, 0.5) is 4.39 Å². The van der Waals surface area contributed by atoms with Crippen LogP contribution in [0.3, 0.4) is 0 Å². The monoisotopic (exact) mass is 378 g/mol. The summed E-state index contributed by atoms with van der Waals surface area (Å²) in [6.45, 7) is 2.56. The van der Waals surface area contributed by atoms with E-state index in [4.69, 9.17) is 0 Å². The van der Waals surface area contributed by atoms with E-state index >= 15 is 0 Å². The molecule has 0 atom stereocenters. The first-order chi connectivity index (χ1) is 12.2. The quantitative estimate of drug-likeness (QED) is 0.768. The van der Waals surface area contributed by atoms with Gasteiger partial charge in [-0.2, -0.15) is 4.31 Å². The number of carbonyl (C=O) groups excluding carboxylic acids is 1. The largest absolute Gasteiger partial charge is 0.352 e. The van der Waals surface area contributed by atoms with E-state index in [1.807, 2.05) is 31.2 Å². The lowest BCUT2D eigenvalue weighted by molar-refractivity contribution is -0.121. The van der Waals surface area contributed by atoms with Gasteiger partial charge in [-0.1, -0.05) is 42.0 Å². The average Bonchev–Trinajstić information content (AvgIpc) is 2.58. The van der Waals surface area contributed by atoms with Crippen LogP contribution in [-0.2, 0) is 27.9 Å². The molecule has 0 bridgehead atoms. The Balaban J connectivity index is 1.88. The summed E-state index contributed by atoms with van der Waals surface area (Å²) < 4.78 is 38.1. The number of aryl methyl sites for hydroxylation is 1. The lowest BCUT2D eigenvalue weighted by Crippen LogP contribution is -2.34. The van der Waals surface area contributed by atoms with E-state index < -0.39 is 10.0 Å². The Kier molecular flexibility index (Phi) is 6.88. The smallest absolute Gasteiger partial charge is 0.221 e. The van der Waals surface area contributed by atoms with Gasteiger partial charge < -0.3 is 5.32 Å². The fourth-order valence-electron chi connectivity index (χ4n) is 2.38. The molecule has 0 heterocycles. The Bertz CT molecular complexity index is 834. The van der Waals surface area contributed by atoms with Crippen molar-refractivity contribution in [2.45, 2.75) is 26.4 Å². The summed E-state index contributed by atoms with van der Waals surface area (Å²) >= 11 is 0. The first kappa shape index (κ1) is 20.1. The molecule has 0 spiro atoms. The molecule has 2 aromatic rings. The highest BCUT2D eigenvalue weighted by molar-refractivity contribution is 7.88. The Morgan fingerprint density at radius 1 is 1.04 bits per heavy atom. The standard InChI is InChI=1S/C19H23FN2O3S/c1-15-3-5-17(6-4-15)14-22(26(2,24)25)12-11-19(23)21-13-16-7-9-18(20)10-8-16/h3-10H,11-14H2,1-2H3,(H,21,23). The van der Waals surface area contributed by atoms with Gasteiger partial charge in [-0.3, -0.25) is 4.79 Å². The average molecular weight is 378 g/mol. The molecule has 0 aromatic heterocycles. The van der Waals surface area contributed by atoms with Gasteiger partial charge in [0.15, 0.2) is 0 Å². The summed E-state index contributed by atoms with van der Waals surface area (Å²) in [7, 11) is -3.43. The van der Waals surface area contributed by atoms with Crippen molar-refractivity contribution in [3.8, 4) is 0 Å². The van der Waals surface area contributed by atoms with Gasteiger partial charge in [0.1, 0.15) is 5.82 Å². The number of hydrogen-bond acceptors (Lipinski definition) is 3. The second kappa shape index (κ2) is 8.91. The molecular formula is C19H23FN2O3S. The van der Waals surface area contributed by atoms with E-state index in [0.717, 1.165) is 22.9 Å². The molecule has 5 nitrogen and oxygen atoms in total. The third kappa shape index (κ3) is 6.57. The molecule has 7 heteroatoms. The first-order valence-corrected chi connectivity index (χ1v) is 10.1. The molecule has 0 radical (unpaired) electrons. The van der Waals surface area contributed by atoms with Crippen molar-refractivity contribution in [3.63, 3.8) is 0 Å². The molecular weight excluding hydrogens is 355 g/mol. The van der Waals surface area contributed by atoms with Gasteiger partial charge in [0.05, 0.1) is 6.26 Å². The van der Waals surface area contributed by atoms with Crippen LogP contribution in [0.2, 0.25) is 0 Å². The minimum atomic E-state index is -3.43. The zero-order chi connectivity index (χ0) is 19.2. The molecule has 0 aliphatic carbocycles. The Morgan fingerprint density at radius 2 is 1.62 bits per heavy atom. The number of carbonyl (C=O) groups is 1. The molecule has 0 saturated carbocycles. The minimum Gasteiger partial charge on any atom is -0.352 e. The minimum absolute atomic E-state index is 0.0557. The van der Waals surface area contributed by atoms with E-state index in [9.17, 15) is 17.6 Å². The molecule has 0 unspecified atom stereocenters. The van der Waals surface area contributed by atoms with Crippen LogP contribution in [0.1, 0.15) is 23.1 Å². The topological polar surface area (TPSA) is 66.5 Å². The number of rotatable bonds is 8. The van der Waals surface area contributed by atoms with Crippen LogP contribution in [0.15, 0.2) is 48.5 Å². The highest BCUT2D eigenvalue weighted by atomic mass is 32.2.